The first-order chi connectivity index (χ1) is 13.6. The fourth-order valence-corrected chi connectivity index (χ4v) is 4.80. The number of pyridine rings is 1. The van der Waals surface area contributed by atoms with Gasteiger partial charge in [0.15, 0.2) is 0 Å². The van der Waals surface area contributed by atoms with Crippen molar-refractivity contribution in [1.82, 2.24) is 14.8 Å². The Labute approximate surface area is 161 Å². The maximum Gasteiger partial charge on any atom is 0.332 e. The van der Waals surface area contributed by atoms with E-state index >= 15 is 0 Å². The predicted molar refractivity (Wildman–Crippen MR) is 101 cm³/mol. The van der Waals surface area contributed by atoms with Crippen LogP contribution in [-0.2, 0) is 9.59 Å². The number of nitrogens with zero attached hydrogens (tertiary/aromatic N) is 5. The zero-order valence-electron chi connectivity index (χ0n) is 15.2. The summed E-state index contributed by atoms with van der Waals surface area (Å²) in [6.45, 7) is 9.58. The molecular formula is C20H17N5O3. The van der Waals surface area contributed by atoms with Crippen molar-refractivity contribution >= 4 is 40.1 Å². The molecule has 28 heavy (non-hydrogen) atoms. The van der Waals surface area contributed by atoms with Gasteiger partial charge >= 0.3 is 6.03 Å². The van der Waals surface area contributed by atoms with E-state index < -0.39 is 6.04 Å². The van der Waals surface area contributed by atoms with E-state index in [-0.39, 0.29) is 35.7 Å². The minimum atomic E-state index is -0.638. The lowest BCUT2D eigenvalue weighted by molar-refractivity contribution is -0.135. The van der Waals surface area contributed by atoms with Crippen LogP contribution in [0.5, 0.6) is 0 Å². The number of piperazine rings is 1. The molecule has 0 radical (unpaired) electrons. The first-order valence-electron chi connectivity index (χ1n) is 9.27. The summed E-state index contributed by atoms with van der Waals surface area (Å²) in [5.41, 5.74) is 0.389. The molecule has 5 rings (SSSR count). The van der Waals surface area contributed by atoms with Crippen LogP contribution in [-0.4, -0.2) is 57.3 Å². The number of likely N-dealkylation sites (tertiary alicyclic amines) is 1. The van der Waals surface area contributed by atoms with Crippen LogP contribution < -0.4 is 4.90 Å². The molecule has 0 spiro atoms. The zero-order chi connectivity index (χ0) is 19.6. The lowest BCUT2D eigenvalue weighted by Gasteiger charge is -2.34. The molecule has 0 N–H and O–H groups in total. The summed E-state index contributed by atoms with van der Waals surface area (Å²) in [6.07, 6.45) is 2.45. The molecule has 1 aromatic heterocycles. The number of carbonyl (C=O) groups is 3. The maximum atomic E-state index is 13.3. The molecule has 1 aromatic carbocycles. The van der Waals surface area contributed by atoms with E-state index in [0.29, 0.717) is 35.8 Å². The van der Waals surface area contributed by atoms with Crippen LogP contribution in [0.4, 0.5) is 16.3 Å². The predicted octanol–water partition coefficient (Wildman–Crippen LogP) is 2.32. The van der Waals surface area contributed by atoms with Crippen LogP contribution in [0.2, 0.25) is 0 Å². The molecule has 3 aliphatic heterocycles. The molecule has 3 aliphatic rings. The second kappa shape index (κ2) is 5.76. The third-order valence-corrected chi connectivity index (χ3v) is 5.99. The van der Waals surface area contributed by atoms with E-state index in [1.165, 1.54) is 11.1 Å². The van der Waals surface area contributed by atoms with Crippen LogP contribution in [0.25, 0.3) is 15.6 Å². The Kier molecular flexibility index (Phi) is 3.43. The number of imide groups is 1. The molecule has 4 amide bonds. The van der Waals surface area contributed by atoms with Crippen molar-refractivity contribution in [1.29, 1.82) is 0 Å². The Hall–Kier alpha value is -3.47. The summed E-state index contributed by atoms with van der Waals surface area (Å²) >= 11 is 0. The van der Waals surface area contributed by atoms with Gasteiger partial charge in [0.05, 0.1) is 12.1 Å². The maximum absolute atomic E-state index is 13.3. The van der Waals surface area contributed by atoms with Crippen molar-refractivity contribution in [2.75, 3.05) is 11.4 Å². The summed E-state index contributed by atoms with van der Waals surface area (Å²) in [5.74, 6) is -0.0771. The normalized spacial score (nSPS) is 25.6. The lowest BCUT2D eigenvalue weighted by atomic mass is 10.1. The third kappa shape index (κ3) is 1.99. The summed E-state index contributed by atoms with van der Waals surface area (Å²) < 4.78 is 0. The zero-order valence-corrected chi connectivity index (χ0v) is 15.2. The number of hydrogen-bond acceptors (Lipinski definition) is 4. The Bertz CT molecular complexity index is 1090. The summed E-state index contributed by atoms with van der Waals surface area (Å²) in [6, 6.07) is 5.74. The number of rotatable bonds is 2. The molecule has 3 atom stereocenters. The molecule has 140 valence electrons. The van der Waals surface area contributed by atoms with Gasteiger partial charge in [-0.05, 0) is 6.42 Å². The fourth-order valence-electron chi connectivity index (χ4n) is 4.80. The Morgan fingerprint density at radius 2 is 2.04 bits per heavy atom. The van der Waals surface area contributed by atoms with Crippen molar-refractivity contribution in [2.45, 2.75) is 37.9 Å². The van der Waals surface area contributed by atoms with Gasteiger partial charge in [-0.15, -0.1) is 4.98 Å². The van der Waals surface area contributed by atoms with Crippen molar-refractivity contribution in [3.63, 3.8) is 0 Å². The van der Waals surface area contributed by atoms with E-state index in [9.17, 15) is 14.4 Å². The van der Waals surface area contributed by atoms with Gasteiger partial charge in [-0.2, -0.15) is 0 Å². The number of anilines is 1. The van der Waals surface area contributed by atoms with E-state index in [1.54, 1.807) is 41.0 Å². The smallest absolute Gasteiger partial charge is 0.332 e. The lowest BCUT2D eigenvalue weighted by Crippen LogP contribution is -2.54. The van der Waals surface area contributed by atoms with E-state index in [2.05, 4.69) is 9.83 Å². The molecule has 8 nitrogen and oxygen atoms in total. The van der Waals surface area contributed by atoms with Crippen molar-refractivity contribution in [3.8, 4) is 0 Å². The Balaban J connectivity index is 1.59. The number of amides is 4. The van der Waals surface area contributed by atoms with E-state index in [1.807, 2.05) is 0 Å². The number of urea groups is 1. The largest absolute Gasteiger partial charge is 0.360 e. The fraction of sp³-hybridized carbons (Fsp3) is 0.350. The molecule has 2 aromatic rings. The number of benzene rings is 1. The van der Waals surface area contributed by atoms with Gasteiger partial charge in [0.1, 0.15) is 17.9 Å². The second-order valence-corrected chi connectivity index (χ2v) is 7.29. The van der Waals surface area contributed by atoms with E-state index in [4.69, 9.17) is 6.57 Å². The standard InChI is InChI=1S/C20H17N5O3/c1-3-16(26)23-10-11-8-14(23)17-19(27)25(20(28)24(11)17)15-9-22-18(21-2)13-7-5-4-6-12(13)15/h4-7,9,11,14,17H,3,8,10H2,1H3/t11?,14-,17-/m1/s1. The van der Waals surface area contributed by atoms with Gasteiger partial charge in [0.2, 0.25) is 5.91 Å². The molecule has 1 unspecified atom stereocenters. The van der Waals surface area contributed by atoms with Gasteiger partial charge in [-0.3, -0.25) is 9.59 Å². The average molecular weight is 375 g/mol. The summed E-state index contributed by atoms with van der Waals surface area (Å²) in [4.78, 5) is 50.8. The Morgan fingerprint density at radius 3 is 2.75 bits per heavy atom. The van der Waals surface area contributed by atoms with Gasteiger partial charge in [-0.1, -0.05) is 37.8 Å². The quantitative estimate of drug-likeness (QED) is 0.596. The first kappa shape index (κ1) is 16.7. The monoisotopic (exact) mass is 375 g/mol. The van der Waals surface area contributed by atoms with Gasteiger partial charge in [-0.25, -0.2) is 9.69 Å². The highest BCUT2D eigenvalue weighted by Gasteiger charge is 2.62. The van der Waals surface area contributed by atoms with E-state index in [0.717, 1.165) is 0 Å². The number of carbonyl (C=O) groups excluding carboxylic acids is 3. The van der Waals surface area contributed by atoms with Crippen molar-refractivity contribution in [2.24, 2.45) is 0 Å². The number of hydrogen-bond donors (Lipinski definition) is 0. The molecule has 2 bridgehead atoms. The molecule has 0 saturated carbocycles. The highest BCUT2D eigenvalue weighted by molar-refractivity contribution is 6.25. The molecular weight excluding hydrogens is 358 g/mol. The van der Waals surface area contributed by atoms with Crippen LogP contribution in [0.3, 0.4) is 0 Å². The first-order valence-corrected chi connectivity index (χ1v) is 9.27. The molecule has 3 saturated heterocycles. The highest BCUT2D eigenvalue weighted by atomic mass is 16.2. The summed E-state index contributed by atoms with van der Waals surface area (Å²) in [5, 5.41) is 1.24. The molecule has 3 fully saturated rings. The van der Waals surface area contributed by atoms with Gasteiger partial charge < -0.3 is 14.6 Å². The second-order valence-electron chi connectivity index (χ2n) is 7.29. The minimum Gasteiger partial charge on any atom is -0.360 e. The van der Waals surface area contributed by atoms with Crippen LogP contribution >= 0.6 is 0 Å². The third-order valence-electron chi connectivity index (χ3n) is 5.99. The topological polar surface area (TPSA) is 78.2 Å². The Morgan fingerprint density at radius 1 is 1.29 bits per heavy atom. The molecule has 8 heteroatoms. The van der Waals surface area contributed by atoms with Crippen molar-refractivity contribution < 1.29 is 14.4 Å². The SMILES string of the molecule is [C-]#[N+]c1ncc(N2C(=O)[C@H]3[C@H]4CC(CN4C(=O)CC)N3C2=O)c2ccccc12. The van der Waals surface area contributed by atoms with Crippen molar-refractivity contribution in [3.05, 3.63) is 41.9 Å². The minimum absolute atomic E-state index is 0.0133. The van der Waals surface area contributed by atoms with Crippen LogP contribution in [0.15, 0.2) is 30.5 Å². The molecule has 4 heterocycles. The highest BCUT2D eigenvalue weighted by Crippen LogP contribution is 2.44. The number of aromatic nitrogens is 1. The summed E-state index contributed by atoms with van der Waals surface area (Å²) in [7, 11) is 0. The number of fused-ring (bicyclic) bond motifs is 6. The average Bonchev–Trinajstić information content (AvgIpc) is 3.38. The van der Waals surface area contributed by atoms with Crippen LogP contribution in [0, 0.1) is 6.57 Å². The van der Waals surface area contributed by atoms with Crippen LogP contribution in [0.1, 0.15) is 19.8 Å². The molecule has 0 aliphatic carbocycles. The van der Waals surface area contributed by atoms with Gasteiger partial charge in [0, 0.05) is 23.7 Å². The van der Waals surface area contributed by atoms with Gasteiger partial charge in [0.25, 0.3) is 11.7 Å².